The third kappa shape index (κ3) is 4.27. The highest BCUT2D eigenvalue weighted by atomic mass is 79.9. The molecule has 4 rings (SSSR count). The molecule has 1 atom stereocenters. The Balaban J connectivity index is 1.69. The van der Waals surface area contributed by atoms with E-state index < -0.39 is 5.92 Å². The van der Waals surface area contributed by atoms with E-state index in [9.17, 15) is 15.2 Å². The number of thioether (sulfide) groups is 1. The maximum Gasteiger partial charge on any atom is 0.225 e. The van der Waals surface area contributed by atoms with Crippen LogP contribution in [0.3, 0.4) is 0 Å². The minimum Gasteiger partial charge on any atom is -0.503 e. The topological polar surface area (TPSA) is 82.3 Å². The van der Waals surface area contributed by atoms with Crippen LogP contribution < -0.4 is 10.1 Å². The molecule has 2 N–H and O–H groups in total. The number of methoxy groups -OCH3 is 1. The van der Waals surface area contributed by atoms with Crippen LogP contribution in [0.25, 0.3) is 10.8 Å². The molecule has 0 saturated heterocycles. The lowest BCUT2D eigenvalue weighted by atomic mass is 9.87. The van der Waals surface area contributed by atoms with Gasteiger partial charge >= 0.3 is 0 Å². The molecule has 1 heterocycles. The number of phenols is 1. The van der Waals surface area contributed by atoms with Crippen LogP contribution in [0.4, 0.5) is 0 Å². The number of carbonyl (C=O) groups excluding carboxylic acids is 1. The fraction of sp³-hybridized carbons (Fsp3) is 0.167. The van der Waals surface area contributed by atoms with Gasteiger partial charge in [0.1, 0.15) is 0 Å². The van der Waals surface area contributed by atoms with Gasteiger partial charge in [0.2, 0.25) is 5.91 Å². The average Bonchev–Trinajstić information content (AvgIpc) is 2.78. The Morgan fingerprint density at radius 1 is 1.26 bits per heavy atom. The predicted molar refractivity (Wildman–Crippen MR) is 126 cm³/mol. The SMILES string of the molecule is COc1cc([C@H]2CC(=O)NC(SCc3cccc4ccccc34)=C2C#N)cc(Br)c1O. The first-order chi connectivity index (χ1) is 15.0. The number of fused-ring (bicyclic) bond motifs is 1. The third-order valence-corrected chi connectivity index (χ3v) is 6.95. The van der Waals surface area contributed by atoms with Gasteiger partial charge in [0.25, 0.3) is 0 Å². The minimum atomic E-state index is -0.417. The molecule has 1 amide bonds. The molecule has 0 radical (unpaired) electrons. The predicted octanol–water partition coefficient (Wildman–Crippen LogP) is 5.59. The van der Waals surface area contributed by atoms with Crippen LogP contribution in [0.1, 0.15) is 23.5 Å². The number of rotatable bonds is 5. The molecule has 1 aliphatic heterocycles. The number of hydrogen-bond donors (Lipinski definition) is 2. The molecule has 5 nitrogen and oxygen atoms in total. The lowest BCUT2D eigenvalue weighted by Crippen LogP contribution is -2.30. The van der Waals surface area contributed by atoms with Crippen molar-refractivity contribution in [1.82, 2.24) is 5.32 Å². The lowest BCUT2D eigenvalue weighted by molar-refractivity contribution is -0.120. The van der Waals surface area contributed by atoms with E-state index in [-0.39, 0.29) is 23.8 Å². The van der Waals surface area contributed by atoms with Gasteiger partial charge in [-0.3, -0.25) is 4.79 Å². The number of ether oxygens (including phenoxy) is 1. The molecule has 0 aromatic heterocycles. The molecule has 31 heavy (non-hydrogen) atoms. The fourth-order valence-electron chi connectivity index (χ4n) is 3.74. The van der Waals surface area contributed by atoms with E-state index >= 15 is 0 Å². The second-order valence-electron chi connectivity index (χ2n) is 7.14. The van der Waals surface area contributed by atoms with E-state index in [0.717, 1.165) is 21.9 Å². The zero-order valence-corrected chi connectivity index (χ0v) is 19.1. The molecule has 156 valence electrons. The van der Waals surface area contributed by atoms with Crippen molar-refractivity contribution in [3.8, 4) is 17.6 Å². The van der Waals surface area contributed by atoms with Gasteiger partial charge in [0, 0.05) is 18.1 Å². The largest absolute Gasteiger partial charge is 0.503 e. The van der Waals surface area contributed by atoms with Gasteiger partial charge in [0.05, 0.1) is 28.3 Å². The zero-order valence-electron chi connectivity index (χ0n) is 16.7. The van der Waals surface area contributed by atoms with Gasteiger partial charge in [-0.15, -0.1) is 11.8 Å². The first-order valence-corrected chi connectivity index (χ1v) is 11.4. The van der Waals surface area contributed by atoms with Crippen molar-refractivity contribution in [2.45, 2.75) is 18.1 Å². The summed E-state index contributed by atoms with van der Waals surface area (Å²) in [5.74, 6) is 0.335. The second kappa shape index (κ2) is 9.04. The number of allylic oxidation sites excluding steroid dienone is 1. The smallest absolute Gasteiger partial charge is 0.225 e. The number of nitrogens with one attached hydrogen (secondary N) is 1. The summed E-state index contributed by atoms with van der Waals surface area (Å²) in [7, 11) is 1.46. The van der Waals surface area contributed by atoms with Crippen LogP contribution in [0.15, 0.2) is 69.7 Å². The molecule has 0 spiro atoms. The summed E-state index contributed by atoms with van der Waals surface area (Å²) < 4.78 is 5.70. The average molecular weight is 495 g/mol. The summed E-state index contributed by atoms with van der Waals surface area (Å²) in [4.78, 5) is 12.5. The van der Waals surface area contributed by atoms with Crippen LogP contribution in [-0.2, 0) is 10.5 Å². The van der Waals surface area contributed by atoms with E-state index in [4.69, 9.17) is 4.74 Å². The van der Waals surface area contributed by atoms with Crippen LogP contribution in [0, 0.1) is 11.3 Å². The molecule has 7 heteroatoms. The second-order valence-corrected chi connectivity index (χ2v) is 8.98. The summed E-state index contributed by atoms with van der Waals surface area (Å²) in [6, 6.07) is 20.0. The van der Waals surface area contributed by atoms with Crippen LogP contribution in [0.2, 0.25) is 0 Å². The number of nitrogens with zero attached hydrogens (tertiary/aromatic N) is 1. The van der Waals surface area contributed by atoms with Crippen molar-refractivity contribution in [2.75, 3.05) is 7.11 Å². The van der Waals surface area contributed by atoms with Crippen LogP contribution >= 0.6 is 27.7 Å². The van der Waals surface area contributed by atoms with Crippen molar-refractivity contribution in [3.05, 3.63) is 80.8 Å². The first kappa shape index (κ1) is 21.3. The van der Waals surface area contributed by atoms with Gasteiger partial charge in [-0.25, -0.2) is 0 Å². The van der Waals surface area contributed by atoms with Crippen molar-refractivity contribution in [2.24, 2.45) is 0 Å². The lowest BCUT2D eigenvalue weighted by Gasteiger charge is -2.26. The fourth-order valence-corrected chi connectivity index (χ4v) is 5.28. The summed E-state index contributed by atoms with van der Waals surface area (Å²) in [5, 5.41) is 25.8. The number of hydrogen-bond acceptors (Lipinski definition) is 5. The molecule has 0 aliphatic carbocycles. The molecule has 0 bridgehead atoms. The van der Waals surface area contributed by atoms with Gasteiger partial charge in [-0.1, -0.05) is 42.5 Å². The molecule has 0 fully saturated rings. The molecule has 0 saturated carbocycles. The van der Waals surface area contributed by atoms with E-state index in [1.54, 1.807) is 12.1 Å². The summed E-state index contributed by atoms with van der Waals surface area (Å²) in [6.07, 6.45) is 0.154. The third-order valence-electron chi connectivity index (χ3n) is 5.28. The molecule has 1 aliphatic rings. The Bertz CT molecular complexity index is 1240. The number of halogens is 1. The van der Waals surface area contributed by atoms with Crippen molar-refractivity contribution in [1.29, 1.82) is 5.26 Å². The van der Waals surface area contributed by atoms with Crippen LogP contribution in [0.5, 0.6) is 11.5 Å². The first-order valence-electron chi connectivity index (χ1n) is 9.61. The number of amides is 1. The quantitative estimate of drug-likeness (QED) is 0.483. The highest BCUT2D eigenvalue weighted by Crippen LogP contribution is 2.42. The highest BCUT2D eigenvalue weighted by Gasteiger charge is 2.30. The molecule has 0 unspecified atom stereocenters. The number of aromatic hydroxyl groups is 1. The van der Waals surface area contributed by atoms with Crippen molar-refractivity contribution in [3.63, 3.8) is 0 Å². The van der Waals surface area contributed by atoms with Crippen molar-refractivity contribution >= 4 is 44.4 Å². The number of nitriles is 1. The van der Waals surface area contributed by atoms with E-state index in [0.29, 0.717) is 20.8 Å². The van der Waals surface area contributed by atoms with Gasteiger partial charge < -0.3 is 15.2 Å². The zero-order chi connectivity index (χ0) is 22.0. The Labute approximate surface area is 192 Å². The van der Waals surface area contributed by atoms with E-state index in [1.807, 2.05) is 18.2 Å². The Kier molecular flexibility index (Phi) is 6.21. The maximum atomic E-state index is 12.5. The summed E-state index contributed by atoms with van der Waals surface area (Å²) in [6.45, 7) is 0. The van der Waals surface area contributed by atoms with Gasteiger partial charge in [-0.2, -0.15) is 5.26 Å². The molecular formula is C24H19BrN2O3S. The molecular weight excluding hydrogens is 476 g/mol. The molecule has 3 aromatic rings. The number of phenolic OH excluding ortho intramolecular Hbond substituents is 1. The normalized spacial score (nSPS) is 16.2. The Hall–Kier alpha value is -2.95. The van der Waals surface area contributed by atoms with Crippen LogP contribution in [-0.4, -0.2) is 18.1 Å². The van der Waals surface area contributed by atoms with Gasteiger partial charge in [0.15, 0.2) is 11.5 Å². The van der Waals surface area contributed by atoms with E-state index in [2.05, 4.69) is 51.6 Å². The number of benzene rings is 3. The summed E-state index contributed by atoms with van der Waals surface area (Å²) in [5.41, 5.74) is 2.37. The van der Waals surface area contributed by atoms with Crippen molar-refractivity contribution < 1.29 is 14.6 Å². The Morgan fingerprint density at radius 2 is 2.03 bits per heavy atom. The molecule has 3 aromatic carbocycles. The minimum absolute atomic E-state index is 0.0143. The Morgan fingerprint density at radius 3 is 2.81 bits per heavy atom. The van der Waals surface area contributed by atoms with E-state index in [1.165, 1.54) is 18.9 Å². The standard InChI is InChI=1S/C24H19BrN2O3S/c1-30-21-10-16(9-20(25)23(21)29)18-11-22(28)27-24(19(18)12-26)31-13-15-7-4-6-14-5-2-3-8-17(14)15/h2-10,18,29H,11,13H2,1H3,(H,27,28)/t18-/m1/s1. The highest BCUT2D eigenvalue weighted by molar-refractivity contribution is 9.10. The monoisotopic (exact) mass is 494 g/mol. The number of carbonyl (C=O) groups is 1. The summed E-state index contributed by atoms with van der Waals surface area (Å²) >= 11 is 4.78. The maximum absolute atomic E-state index is 12.5. The van der Waals surface area contributed by atoms with Gasteiger partial charge in [-0.05, 0) is 50.0 Å².